The van der Waals surface area contributed by atoms with Crippen LogP contribution in [0.2, 0.25) is 0 Å². The molecule has 0 unspecified atom stereocenters. The second-order valence-electron chi connectivity index (χ2n) is 6.58. The van der Waals surface area contributed by atoms with E-state index in [0.29, 0.717) is 18.7 Å². The quantitative estimate of drug-likeness (QED) is 0.668. The van der Waals surface area contributed by atoms with Crippen LogP contribution in [-0.4, -0.2) is 69.9 Å². The van der Waals surface area contributed by atoms with E-state index in [9.17, 15) is 22.0 Å². The molecule has 27 heavy (non-hydrogen) atoms. The SMILES string of the molecule is COCCN(CC(F)F)C(=O)c1ccc(C)c(S(=O)(=O)N2CCCCC2)c1. The van der Waals surface area contributed by atoms with Crippen molar-refractivity contribution in [2.24, 2.45) is 0 Å². The van der Waals surface area contributed by atoms with Crippen LogP contribution >= 0.6 is 0 Å². The number of sulfonamides is 1. The number of halogens is 2. The van der Waals surface area contributed by atoms with E-state index in [2.05, 4.69) is 0 Å². The fourth-order valence-corrected chi connectivity index (χ4v) is 4.85. The molecule has 6 nitrogen and oxygen atoms in total. The molecule has 1 aromatic rings. The van der Waals surface area contributed by atoms with Crippen LogP contribution in [0.5, 0.6) is 0 Å². The van der Waals surface area contributed by atoms with Gasteiger partial charge in [0.2, 0.25) is 10.0 Å². The number of carbonyl (C=O) groups excluding carboxylic acids is 1. The van der Waals surface area contributed by atoms with E-state index in [1.807, 2.05) is 0 Å². The van der Waals surface area contributed by atoms with Gasteiger partial charge in [-0.25, -0.2) is 17.2 Å². The highest BCUT2D eigenvalue weighted by Crippen LogP contribution is 2.25. The molecule has 0 saturated carbocycles. The van der Waals surface area contributed by atoms with Crippen molar-refractivity contribution in [3.63, 3.8) is 0 Å². The van der Waals surface area contributed by atoms with Gasteiger partial charge in [-0.3, -0.25) is 4.79 Å². The van der Waals surface area contributed by atoms with E-state index in [0.717, 1.165) is 24.2 Å². The van der Waals surface area contributed by atoms with Crippen LogP contribution < -0.4 is 0 Å². The van der Waals surface area contributed by atoms with Gasteiger partial charge in [0, 0.05) is 32.3 Å². The largest absolute Gasteiger partial charge is 0.383 e. The van der Waals surface area contributed by atoms with Gasteiger partial charge in [-0.15, -0.1) is 0 Å². The van der Waals surface area contributed by atoms with E-state index in [-0.39, 0.29) is 23.6 Å². The van der Waals surface area contributed by atoms with Crippen LogP contribution in [0, 0.1) is 6.92 Å². The first kappa shape index (κ1) is 21.7. The van der Waals surface area contributed by atoms with Crippen molar-refractivity contribution in [1.82, 2.24) is 9.21 Å². The Balaban J connectivity index is 2.33. The van der Waals surface area contributed by atoms with E-state index < -0.39 is 28.9 Å². The number of benzene rings is 1. The molecule has 0 bridgehead atoms. The number of aryl methyl sites for hydroxylation is 1. The van der Waals surface area contributed by atoms with Gasteiger partial charge in [-0.1, -0.05) is 12.5 Å². The summed E-state index contributed by atoms with van der Waals surface area (Å²) in [5.74, 6) is -0.637. The Morgan fingerprint density at radius 3 is 2.52 bits per heavy atom. The topological polar surface area (TPSA) is 66.9 Å². The number of hydrogen-bond donors (Lipinski definition) is 0. The minimum absolute atomic E-state index is 0.00174. The molecule has 1 aliphatic heterocycles. The van der Waals surface area contributed by atoms with Crippen LogP contribution in [0.3, 0.4) is 0 Å². The molecular formula is C18H26F2N2O4S. The first-order chi connectivity index (χ1) is 12.8. The molecule has 0 aliphatic carbocycles. The van der Waals surface area contributed by atoms with Gasteiger partial charge in [-0.2, -0.15) is 4.31 Å². The average Bonchev–Trinajstić information content (AvgIpc) is 2.65. The first-order valence-corrected chi connectivity index (χ1v) is 10.4. The molecule has 1 amide bonds. The third-order valence-corrected chi connectivity index (χ3v) is 6.62. The fourth-order valence-electron chi connectivity index (χ4n) is 3.08. The standard InChI is InChI=1S/C18H26F2N2O4S/c1-14-6-7-15(18(23)21(10-11-26-2)13-17(19)20)12-16(14)27(24,25)22-8-4-3-5-9-22/h6-7,12,17H,3-5,8-11,13H2,1-2H3. The maximum Gasteiger partial charge on any atom is 0.255 e. The summed E-state index contributed by atoms with van der Waals surface area (Å²) >= 11 is 0. The molecule has 2 rings (SSSR count). The number of methoxy groups -OCH3 is 1. The van der Waals surface area contributed by atoms with Crippen molar-refractivity contribution in [1.29, 1.82) is 0 Å². The van der Waals surface area contributed by atoms with Crippen molar-refractivity contribution >= 4 is 15.9 Å². The highest BCUT2D eigenvalue weighted by Gasteiger charge is 2.29. The van der Waals surface area contributed by atoms with Gasteiger partial charge in [0.25, 0.3) is 12.3 Å². The van der Waals surface area contributed by atoms with Gasteiger partial charge in [0.05, 0.1) is 18.0 Å². The molecule has 0 aromatic heterocycles. The van der Waals surface area contributed by atoms with Gasteiger partial charge < -0.3 is 9.64 Å². The van der Waals surface area contributed by atoms with Crippen LogP contribution in [0.4, 0.5) is 8.78 Å². The lowest BCUT2D eigenvalue weighted by molar-refractivity contribution is 0.0478. The lowest BCUT2D eigenvalue weighted by Gasteiger charge is -2.27. The number of nitrogens with zero attached hydrogens (tertiary/aromatic N) is 2. The van der Waals surface area contributed by atoms with Gasteiger partial charge in [-0.05, 0) is 37.5 Å². The molecule has 1 fully saturated rings. The fraction of sp³-hybridized carbons (Fsp3) is 0.611. The molecule has 9 heteroatoms. The maximum absolute atomic E-state index is 13.0. The van der Waals surface area contributed by atoms with Crippen LogP contribution in [0.15, 0.2) is 23.1 Å². The Kier molecular flexibility index (Phi) is 7.69. The second kappa shape index (κ2) is 9.57. The third kappa shape index (κ3) is 5.46. The van der Waals surface area contributed by atoms with Crippen LogP contribution in [0.25, 0.3) is 0 Å². The molecule has 0 atom stereocenters. The molecule has 0 N–H and O–H groups in total. The van der Waals surface area contributed by atoms with Gasteiger partial charge in [0.1, 0.15) is 0 Å². The molecule has 1 aliphatic rings. The minimum atomic E-state index is -3.72. The number of carbonyl (C=O) groups is 1. The summed E-state index contributed by atoms with van der Waals surface area (Å²) in [6, 6.07) is 4.31. The van der Waals surface area contributed by atoms with Gasteiger partial charge in [0.15, 0.2) is 0 Å². The Labute approximate surface area is 159 Å². The van der Waals surface area contributed by atoms with E-state index in [1.165, 1.54) is 23.5 Å². The number of piperidine rings is 1. The summed E-state index contributed by atoms with van der Waals surface area (Å²) in [5.41, 5.74) is 0.599. The lowest BCUT2D eigenvalue weighted by atomic mass is 10.1. The maximum atomic E-state index is 13.0. The summed E-state index contributed by atoms with van der Waals surface area (Å²) < 4.78 is 57.9. The number of rotatable bonds is 8. The molecule has 1 heterocycles. The van der Waals surface area contributed by atoms with Crippen molar-refractivity contribution in [2.75, 3.05) is 39.9 Å². The Hall–Kier alpha value is -1.58. The van der Waals surface area contributed by atoms with Crippen molar-refractivity contribution < 1.29 is 26.7 Å². The number of alkyl halides is 2. The summed E-state index contributed by atoms with van der Waals surface area (Å²) in [5, 5.41) is 0. The highest BCUT2D eigenvalue weighted by atomic mass is 32.2. The zero-order valence-electron chi connectivity index (χ0n) is 15.7. The number of hydrogen-bond acceptors (Lipinski definition) is 4. The molecular weight excluding hydrogens is 378 g/mol. The predicted molar refractivity (Wildman–Crippen MR) is 97.6 cm³/mol. The van der Waals surface area contributed by atoms with Crippen LogP contribution in [-0.2, 0) is 14.8 Å². The number of ether oxygens (including phenoxy) is 1. The first-order valence-electron chi connectivity index (χ1n) is 8.94. The zero-order chi connectivity index (χ0) is 20.0. The van der Waals surface area contributed by atoms with Crippen molar-refractivity contribution in [3.05, 3.63) is 29.3 Å². The summed E-state index contributed by atoms with van der Waals surface area (Å²) in [6.07, 6.45) is -0.0922. The molecule has 152 valence electrons. The molecule has 1 aromatic carbocycles. The predicted octanol–water partition coefficient (Wildman–Crippen LogP) is 2.52. The minimum Gasteiger partial charge on any atom is -0.383 e. The molecule has 0 radical (unpaired) electrons. The Morgan fingerprint density at radius 1 is 1.26 bits per heavy atom. The summed E-state index contributed by atoms with van der Waals surface area (Å²) in [4.78, 5) is 13.7. The summed E-state index contributed by atoms with van der Waals surface area (Å²) in [6.45, 7) is 1.94. The second-order valence-corrected chi connectivity index (χ2v) is 8.49. The van der Waals surface area contributed by atoms with Crippen LogP contribution in [0.1, 0.15) is 35.2 Å². The Bertz CT molecular complexity index is 750. The van der Waals surface area contributed by atoms with Crippen molar-refractivity contribution in [3.8, 4) is 0 Å². The lowest BCUT2D eigenvalue weighted by Crippen LogP contribution is -2.38. The smallest absolute Gasteiger partial charge is 0.255 e. The van der Waals surface area contributed by atoms with Gasteiger partial charge >= 0.3 is 0 Å². The number of amides is 1. The zero-order valence-corrected chi connectivity index (χ0v) is 16.5. The highest BCUT2D eigenvalue weighted by molar-refractivity contribution is 7.89. The van der Waals surface area contributed by atoms with E-state index in [4.69, 9.17) is 4.74 Å². The Morgan fingerprint density at radius 2 is 1.93 bits per heavy atom. The molecule has 1 saturated heterocycles. The normalized spacial score (nSPS) is 15.9. The molecule has 0 spiro atoms. The third-order valence-electron chi connectivity index (χ3n) is 4.58. The van der Waals surface area contributed by atoms with Crippen molar-refractivity contribution in [2.45, 2.75) is 37.5 Å². The van der Waals surface area contributed by atoms with E-state index >= 15 is 0 Å². The van der Waals surface area contributed by atoms with E-state index in [1.54, 1.807) is 13.0 Å². The summed E-state index contributed by atoms with van der Waals surface area (Å²) in [7, 11) is -2.31. The average molecular weight is 404 g/mol. The monoisotopic (exact) mass is 404 g/mol.